The number of carbonyl (C=O) groups is 1. The van der Waals surface area contributed by atoms with Crippen LogP contribution in [0.5, 0.6) is 0 Å². The first-order chi connectivity index (χ1) is 9.09. The van der Waals surface area contributed by atoms with Gasteiger partial charge in [-0.05, 0) is 25.0 Å². The van der Waals surface area contributed by atoms with Crippen LogP contribution in [0.1, 0.15) is 49.0 Å². The van der Waals surface area contributed by atoms with Crippen molar-refractivity contribution in [3.8, 4) is 0 Å². The Kier molecular flexibility index (Phi) is 4.77. The SMILES string of the molecule is O=C(NCC1(O)CCCCCC1)c1cc(Cl)ccn1. The number of amides is 1. The van der Waals surface area contributed by atoms with E-state index in [1.165, 1.54) is 12.3 Å². The van der Waals surface area contributed by atoms with Gasteiger partial charge >= 0.3 is 0 Å². The summed E-state index contributed by atoms with van der Waals surface area (Å²) in [6.45, 7) is 0.278. The molecule has 0 atom stereocenters. The highest BCUT2D eigenvalue weighted by atomic mass is 35.5. The third kappa shape index (κ3) is 4.18. The average Bonchev–Trinajstić information content (AvgIpc) is 2.61. The number of rotatable bonds is 3. The summed E-state index contributed by atoms with van der Waals surface area (Å²) in [5.74, 6) is -0.292. The maximum Gasteiger partial charge on any atom is 0.270 e. The molecule has 1 amide bonds. The van der Waals surface area contributed by atoms with Crippen molar-refractivity contribution in [2.45, 2.75) is 44.1 Å². The molecular weight excluding hydrogens is 264 g/mol. The van der Waals surface area contributed by atoms with Crippen LogP contribution in [-0.2, 0) is 0 Å². The number of pyridine rings is 1. The first-order valence-corrected chi connectivity index (χ1v) is 7.09. The Labute approximate surface area is 118 Å². The van der Waals surface area contributed by atoms with Gasteiger partial charge in [0.1, 0.15) is 5.69 Å². The average molecular weight is 283 g/mol. The van der Waals surface area contributed by atoms with Crippen LogP contribution in [0.15, 0.2) is 18.3 Å². The van der Waals surface area contributed by atoms with E-state index in [1.807, 2.05) is 0 Å². The van der Waals surface area contributed by atoms with Crippen molar-refractivity contribution in [2.75, 3.05) is 6.54 Å². The second-order valence-electron chi connectivity index (χ2n) is 5.18. The van der Waals surface area contributed by atoms with E-state index < -0.39 is 5.60 Å². The van der Waals surface area contributed by atoms with Crippen molar-refractivity contribution >= 4 is 17.5 Å². The van der Waals surface area contributed by atoms with Gasteiger partial charge in [0, 0.05) is 17.8 Å². The largest absolute Gasteiger partial charge is 0.388 e. The van der Waals surface area contributed by atoms with E-state index in [0.717, 1.165) is 38.5 Å². The molecule has 0 bridgehead atoms. The minimum atomic E-state index is -0.773. The van der Waals surface area contributed by atoms with Crippen LogP contribution in [0.25, 0.3) is 0 Å². The van der Waals surface area contributed by atoms with E-state index in [4.69, 9.17) is 11.6 Å². The number of halogens is 1. The highest BCUT2D eigenvalue weighted by Gasteiger charge is 2.28. The quantitative estimate of drug-likeness (QED) is 0.838. The molecule has 1 heterocycles. The van der Waals surface area contributed by atoms with Crippen LogP contribution in [-0.4, -0.2) is 28.1 Å². The molecule has 5 heteroatoms. The first kappa shape index (κ1) is 14.3. The van der Waals surface area contributed by atoms with Crippen molar-refractivity contribution in [3.05, 3.63) is 29.0 Å². The summed E-state index contributed by atoms with van der Waals surface area (Å²) < 4.78 is 0. The molecule has 1 aromatic rings. The Balaban J connectivity index is 1.92. The van der Waals surface area contributed by atoms with Crippen molar-refractivity contribution in [1.82, 2.24) is 10.3 Å². The number of carbonyl (C=O) groups excluding carboxylic acids is 1. The Morgan fingerprint density at radius 1 is 1.37 bits per heavy atom. The number of nitrogens with zero attached hydrogens (tertiary/aromatic N) is 1. The predicted molar refractivity (Wildman–Crippen MR) is 74.2 cm³/mol. The molecule has 1 saturated carbocycles. The van der Waals surface area contributed by atoms with Crippen LogP contribution < -0.4 is 5.32 Å². The second kappa shape index (κ2) is 6.35. The summed E-state index contributed by atoms with van der Waals surface area (Å²) in [5, 5.41) is 13.7. The van der Waals surface area contributed by atoms with Gasteiger partial charge in [0.05, 0.1) is 5.60 Å². The summed E-state index contributed by atoms with van der Waals surface area (Å²) >= 11 is 5.82. The topological polar surface area (TPSA) is 62.2 Å². The molecule has 1 aliphatic carbocycles. The summed E-state index contributed by atoms with van der Waals surface area (Å²) in [5.41, 5.74) is -0.491. The molecule has 19 heavy (non-hydrogen) atoms. The molecule has 0 aliphatic heterocycles. The fourth-order valence-corrected chi connectivity index (χ4v) is 2.59. The minimum Gasteiger partial charge on any atom is -0.388 e. The van der Waals surface area contributed by atoms with Gasteiger partial charge < -0.3 is 10.4 Å². The maximum absolute atomic E-state index is 11.9. The lowest BCUT2D eigenvalue weighted by Crippen LogP contribution is -2.42. The fraction of sp³-hybridized carbons (Fsp3) is 0.571. The second-order valence-corrected chi connectivity index (χ2v) is 5.62. The third-order valence-corrected chi connectivity index (χ3v) is 3.80. The number of aliphatic hydroxyl groups is 1. The Morgan fingerprint density at radius 2 is 2.05 bits per heavy atom. The van der Waals surface area contributed by atoms with Crippen molar-refractivity contribution < 1.29 is 9.90 Å². The predicted octanol–water partition coefficient (Wildman–Crippen LogP) is 2.55. The summed E-state index contributed by atoms with van der Waals surface area (Å²) in [7, 11) is 0. The van der Waals surface area contributed by atoms with Gasteiger partial charge in [-0.3, -0.25) is 9.78 Å². The van der Waals surface area contributed by atoms with Gasteiger partial charge in [-0.2, -0.15) is 0 Å². The van der Waals surface area contributed by atoms with Crippen molar-refractivity contribution in [1.29, 1.82) is 0 Å². The van der Waals surface area contributed by atoms with Gasteiger partial charge in [-0.15, -0.1) is 0 Å². The van der Waals surface area contributed by atoms with E-state index in [9.17, 15) is 9.90 Å². The molecule has 0 aromatic carbocycles. The van der Waals surface area contributed by atoms with Gasteiger partial charge in [0.2, 0.25) is 0 Å². The lowest BCUT2D eigenvalue weighted by Gasteiger charge is -2.26. The molecule has 1 aliphatic rings. The number of hydrogen-bond acceptors (Lipinski definition) is 3. The smallest absolute Gasteiger partial charge is 0.270 e. The standard InChI is InChI=1S/C14H19ClN2O2/c15-11-5-8-16-12(9-11)13(18)17-10-14(19)6-3-1-2-4-7-14/h5,8-9,19H,1-4,6-7,10H2,(H,17,18). The first-order valence-electron chi connectivity index (χ1n) is 6.71. The van der Waals surface area contributed by atoms with E-state index in [1.54, 1.807) is 6.07 Å². The highest BCUT2D eigenvalue weighted by molar-refractivity contribution is 6.30. The molecule has 2 rings (SSSR count). The lowest BCUT2D eigenvalue weighted by molar-refractivity contribution is 0.0246. The zero-order chi connectivity index (χ0) is 13.7. The Morgan fingerprint density at radius 3 is 2.68 bits per heavy atom. The molecule has 0 radical (unpaired) electrons. The Hall–Kier alpha value is -1.13. The Bertz CT molecular complexity index is 443. The van der Waals surface area contributed by atoms with E-state index in [2.05, 4.69) is 10.3 Å². The molecule has 0 saturated heterocycles. The fourth-order valence-electron chi connectivity index (χ4n) is 2.43. The van der Waals surface area contributed by atoms with Crippen LogP contribution in [0.2, 0.25) is 5.02 Å². The molecule has 4 nitrogen and oxygen atoms in total. The molecule has 1 aromatic heterocycles. The zero-order valence-corrected chi connectivity index (χ0v) is 11.6. The van der Waals surface area contributed by atoms with Gasteiger partial charge in [-0.25, -0.2) is 0 Å². The van der Waals surface area contributed by atoms with Gasteiger partial charge in [0.15, 0.2) is 0 Å². The molecule has 1 fully saturated rings. The zero-order valence-electron chi connectivity index (χ0n) is 10.9. The monoisotopic (exact) mass is 282 g/mol. The minimum absolute atomic E-state index is 0.278. The highest BCUT2D eigenvalue weighted by Crippen LogP contribution is 2.26. The molecule has 104 valence electrons. The van der Waals surface area contributed by atoms with E-state index >= 15 is 0 Å². The molecule has 0 unspecified atom stereocenters. The van der Waals surface area contributed by atoms with Crippen molar-refractivity contribution in [3.63, 3.8) is 0 Å². The molecular formula is C14H19ClN2O2. The lowest BCUT2D eigenvalue weighted by atomic mass is 9.94. The number of hydrogen-bond donors (Lipinski definition) is 2. The van der Waals surface area contributed by atoms with E-state index in [0.29, 0.717) is 5.02 Å². The maximum atomic E-state index is 11.9. The van der Waals surface area contributed by atoms with Crippen molar-refractivity contribution in [2.24, 2.45) is 0 Å². The molecule has 2 N–H and O–H groups in total. The van der Waals surface area contributed by atoms with Crippen LogP contribution in [0.3, 0.4) is 0 Å². The third-order valence-electron chi connectivity index (χ3n) is 3.57. The van der Waals surface area contributed by atoms with E-state index in [-0.39, 0.29) is 18.1 Å². The van der Waals surface area contributed by atoms with Crippen LogP contribution in [0.4, 0.5) is 0 Å². The normalized spacial score (nSPS) is 18.6. The number of aromatic nitrogens is 1. The summed E-state index contributed by atoms with van der Waals surface area (Å²) in [6.07, 6.45) is 7.34. The summed E-state index contributed by atoms with van der Waals surface area (Å²) in [4.78, 5) is 15.9. The number of nitrogens with one attached hydrogen (secondary N) is 1. The van der Waals surface area contributed by atoms with Crippen LogP contribution >= 0.6 is 11.6 Å². The van der Waals surface area contributed by atoms with Gasteiger partial charge in [0.25, 0.3) is 5.91 Å². The van der Waals surface area contributed by atoms with Crippen LogP contribution in [0, 0.1) is 0 Å². The summed E-state index contributed by atoms with van der Waals surface area (Å²) in [6, 6.07) is 3.14. The molecule has 0 spiro atoms. The van der Waals surface area contributed by atoms with Gasteiger partial charge in [-0.1, -0.05) is 37.3 Å².